The van der Waals surface area contributed by atoms with Crippen LogP contribution in [0.25, 0.3) is 16.0 Å². The first-order chi connectivity index (χ1) is 8.72. The maximum Gasteiger partial charge on any atom is 0.195 e. The van der Waals surface area contributed by atoms with Crippen LogP contribution in [0.15, 0.2) is 29.4 Å². The Morgan fingerprint density at radius 2 is 2.17 bits per heavy atom. The predicted octanol–water partition coefficient (Wildman–Crippen LogP) is 3.23. The number of thiazole rings is 1. The van der Waals surface area contributed by atoms with Gasteiger partial charge in [-0.2, -0.15) is 0 Å². The number of aryl methyl sites for hydroxylation is 1. The Balaban J connectivity index is 2.33. The molecule has 0 aliphatic rings. The molecule has 0 bridgehead atoms. The van der Waals surface area contributed by atoms with E-state index in [4.69, 9.17) is 4.84 Å². The van der Waals surface area contributed by atoms with Crippen LogP contribution in [0.2, 0.25) is 0 Å². The molecular formula is C13H13N3OS. The quantitative estimate of drug-likeness (QED) is 0.523. The molecule has 0 N–H and O–H groups in total. The molecule has 3 aromatic rings. The minimum absolute atomic E-state index is 0.884. The highest BCUT2D eigenvalue weighted by molar-refractivity contribution is 7.19. The lowest BCUT2D eigenvalue weighted by Gasteiger charge is -1.98. The van der Waals surface area contributed by atoms with E-state index in [0.717, 1.165) is 32.3 Å². The van der Waals surface area contributed by atoms with Gasteiger partial charge < -0.3 is 4.84 Å². The standard InChI is InChI=1S/C13H13N3OS/c1-8(15-17-3)12-9(2)16-11-7-5-4-6-10(11)14-13(16)18-12/h4-7H,1-3H3/b15-8+. The van der Waals surface area contributed by atoms with Crippen molar-refractivity contribution in [2.45, 2.75) is 13.8 Å². The van der Waals surface area contributed by atoms with Crippen molar-refractivity contribution < 1.29 is 4.84 Å². The van der Waals surface area contributed by atoms with Crippen molar-refractivity contribution in [3.63, 3.8) is 0 Å². The average molecular weight is 259 g/mol. The van der Waals surface area contributed by atoms with Gasteiger partial charge in [-0.1, -0.05) is 28.6 Å². The molecule has 0 fully saturated rings. The fourth-order valence-corrected chi connectivity index (χ4v) is 3.25. The lowest BCUT2D eigenvalue weighted by molar-refractivity contribution is 0.213. The van der Waals surface area contributed by atoms with Gasteiger partial charge in [0.2, 0.25) is 0 Å². The van der Waals surface area contributed by atoms with E-state index < -0.39 is 0 Å². The molecular weight excluding hydrogens is 246 g/mol. The van der Waals surface area contributed by atoms with Crippen LogP contribution >= 0.6 is 11.3 Å². The summed E-state index contributed by atoms with van der Waals surface area (Å²) in [6.45, 7) is 4.03. The molecule has 0 aliphatic heterocycles. The third-order valence-corrected chi connectivity index (χ3v) is 4.20. The van der Waals surface area contributed by atoms with Gasteiger partial charge in [-0.05, 0) is 26.0 Å². The fraction of sp³-hybridized carbons (Fsp3) is 0.231. The normalized spacial score (nSPS) is 12.5. The Morgan fingerprint density at radius 3 is 2.94 bits per heavy atom. The van der Waals surface area contributed by atoms with Crippen LogP contribution in [0.4, 0.5) is 0 Å². The summed E-state index contributed by atoms with van der Waals surface area (Å²) in [4.78, 5) is 11.6. The second-order valence-electron chi connectivity index (χ2n) is 4.09. The first kappa shape index (κ1) is 11.2. The molecule has 3 rings (SSSR count). The Labute approximate surface area is 109 Å². The molecule has 18 heavy (non-hydrogen) atoms. The van der Waals surface area contributed by atoms with E-state index in [-0.39, 0.29) is 0 Å². The summed E-state index contributed by atoms with van der Waals surface area (Å²) in [6.07, 6.45) is 0. The molecule has 0 unspecified atom stereocenters. The summed E-state index contributed by atoms with van der Waals surface area (Å²) in [5, 5.41) is 4.00. The van der Waals surface area contributed by atoms with E-state index >= 15 is 0 Å². The third kappa shape index (κ3) is 1.51. The smallest absolute Gasteiger partial charge is 0.195 e. The molecule has 92 valence electrons. The highest BCUT2D eigenvalue weighted by Crippen LogP contribution is 2.28. The number of imidazole rings is 1. The maximum absolute atomic E-state index is 4.84. The van der Waals surface area contributed by atoms with Crippen molar-refractivity contribution in [1.82, 2.24) is 9.38 Å². The van der Waals surface area contributed by atoms with Gasteiger partial charge in [-0.15, -0.1) is 0 Å². The van der Waals surface area contributed by atoms with Gasteiger partial charge in [0.1, 0.15) is 7.11 Å². The van der Waals surface area contributed by atoms with E-state index in [2.05, 4.69) is 27.5 Å². The molecule has 2 aromatic heterocycles. The molecule has 0 saturated heterocycles. The molecule has 0 atom stereocenters. The number of rotatable bonds is 2. The zero-order valence-electron chi connectivity index (χ0n) is 10.5. The van der Waals surface area contributed by atoms with Crippen LogP contribution in [-0.2, 0) is 4.84 Å². The number of fused-ring (bicyclic) bond motifs is 3. The van der Waals surface area contributed by atoms with Gasteiger partial charge in [0.25, 0.3) is 0 Å². The van der Waals surface area contributed by atoms with Gasteiger partial charge in [-0.25, -0.2) is 4.98 Å². The molecule has 0 amide bonds. The Hall–Kier alpha value is -1.88. The number of benzene rings is 1. The summed E-state index contributed by atoms with van der Waals surface area (Å²) in [7, 11) is 1.56. The van der Waals surface area contributed by atoms with Crippen LogP contribution in [0.3, 0.4) is 0 Å². The zero-order valence-corrected chi connectivity index (χ0v) is 11.3. The summed E-state index contributed by atoms with van der Waals surface area (Å²) in [6, 6.07) is 8.16. The monoisotopic (exact) mass is 259 g/mol. The number of hydrogen-bond donors (Lipinski definition) is 0. The highest BCUT2D eigenvalue weighted by Gasteiger charge is 2.15. The molecule has 0 saturated carbocycles. The largest absolute Gasteiger partial charge is 0.399 e. The Morgan fingerprint density at radius 1 is 1.39 bits per heavy atom. The molecule has 2 heterocycles. The molecule has 4 nitrogen and oxygen atoms in total. The van der Waals surface area contributed by atoms with Gasteiger partial charge in [-0.3, -0.25) is 4.40 Å². The van der Waals surface area contributed by atoms with Gasteiger partial charge in [0, 0.05) is 5.69 Å². The van der Waals surface area contributed by atoms with E-state index in [1.54, 1.807) is 18.4 Å². The van der Waals surface area contributed by atoms with E-state index in [1.165, 1.54) is 0 Å². The average Bonchev–Trinajstić information content (AvgIpc) is 2.87. The van der Waals surface area contributed by atoms with Gasteiger partial charge in [0.05, 0.1) is 21.6 Å². The second-order valence-corrected chi connectivity index (χ2v) is 5.07. The van der Waals surface area contributed by atoms with Crippen LogP contribution in [0.1, 0.15) is 17.5 Å². The molecule has 0 spiro atoms. The lowest BCUT2D eigenvalue weighted by atomic mass is 10.3. The van der Waals surface area contributed by atoms with E-state index in [1.807, 2.05) is 25.1 Å². The zero-order chi connectivity index (χ0) is 12.7. The second kappa shape index (κ2) is 4.10. The Kier molecular flexibility index (Phi) is 2.56. The van der Waals surface area contributed by atoms with Crippen LogP contribution in [0, 0.1) is 6.92 Å². The molecule has 1 aromatic carbocycles. The minimum Gasteiger partial charge on any atom is -0.399 e. The Bertz CT molecular complexity index is 754. The predicted molar refractivity (Wildman–Crippen MR) is 74.5 cm³/mol. The fourth-order valence-electron chi connectivity index (χ4n) is 2.18. The van der Waals surface area contributed by atoms with Crippen molar-refractivity contribution >= 4 is 33.0 Å². The highest BCUT2D eigenvalue weighted by atomic mass is 32.1. The van der Waals surface area contributed by atoms with E-state index in [0.29, 0.717) is 0 Å². The van der Waals surface area contributed by atoms with E-state index in [9.17, 15) is 0 Å². The van der Waals surface area contributed by atoms with Crippen LogP contribution in [-0.4, -0.2) is 22.2 Å². The topological polar surface area (TPSA) is 38.9 Å². The SMILES string of the molecule is CO/N=C(\C)c1sc2nc3ccccc3n2c1C. The number of nitrogens with zero attached hydrogens (tertiary/aromatic N) is 3. The van der Waals surface area contributed by atoms with Crippen LogP contribution < -0.4 is 0 Å². The minimum atomic E-state index is 0.884. The third-order valence-electron chi connectivity index (χ3n) is 2.94. The molecule has 0 radical (unpaired) electrons. The van der Waals surface area contributed by atoms with Gasteiger partial charge in [0.15, 0.2) is 4.96 Å². The lowest BCUT2D eigenvalue weighted by Crippen LogP contribution is -1.96. The van der Waals surface area contributed by atoms with Crippen molar-refractivity contribution in [2.75, 3.05) is 7.11 Å². The van der Waals surface area contributed by atoms with Gasteiger partial charge >= 0.3 is 0 Å². The first-order valence-electron chi connectivity index (χ1n) is 5.67. The molecule has 0 aliphatic carbocycles. The first-order valence-corrected chi connectivity index (χ1v) is 6.48. The van der Waals surface area contributed by atoms with Crippen molar-refractivity contribution in [2.24, 2.45) is 5.16 Å². The number of hydrogen-bond acceptors (Lipinski definition) is 4. The van der Waals surface area contributed by atoms with Crippen molar-refractivity contribution in [3.8, 4) is 0 Å². The summed E-state index contributed by atoms with van der Waals surface area (Å²) in [5.74, 6) is 0. The number of para-hydroxylation sites is 2. The summed E-state index contributed by atoms with van der Waals surface area (Å²) < 4.78 is 2.17. The molecule has 5 heteroatoms. The van der Waals surface area contributed by atoms with Crippen molar-refractivity contribution in [1.29, 1.82) is 0 Å². The van der Waals surface area contributed by atoms with Crippen LogP contribution in [0.5, 0.6) is 0 Å². The number of aromatic nitrogens is 2. The summed E-state index contributed by atoms with van der Waals surface area (Å²) >= 11 is 1.64. The maximum atomic E-state index is 4.84. The number of oxime groups is 1. The summed E-state index contributed by atoms with van der Waals surface area (Å²) in [5.41, 5.74) is 4.20. The van der Waals surface area contributed by atoms with Crippen molar-refractivity contribution in [3.05, 3.63) is 34.8 Å².